The summed E-state index contributed by atoms with van der Waals surface area (Å²) in [6, 6.07) is 9.10. The van der Waals surface area contributed by atoms with Gasteiger partial charge in [-0.05, 0) is 18.9 Å². The molecular formula is C21H27N6O6P. The van der Waals surface area contributed by atoms with Crippen LogP contribution in [0.4, 0.5) is 5.95 Å². The van der Waals surface area contributed by atoms with E-state index in [0.29, 0.717) is 17.7 Å². The average Bonchev–Trinajstić information content (AvgIpc) is 3.23. The lowest BCUT2D eigenvalue weighted by Crippen LogP contribution is -2.32. The number of carbonyl (C=O) groups is 1. The topological polar surface area (TPSA) is 170 Å². The number of hydrogen-bond acceptors (Lipinski definition) is 10. The fourth-order valence-electron chi connectivity index (χ4n) is 3.03. The number of methoxy groups -OCH3 is 1. The molecule has 1 aromatic carbocycles. The Kier molecular flexibility index (Phi) is 8.46. The van der Waals surface area contributed by atoms with E-state index in [2.05, 4.69) is 19.7 Å². The van der Waals surface area contributed by atoms with Gasteiger partial charge in [0.25, 0.3) is 0 Å². The number of hydrogen-bond donors (Lipinski definition) is 2. The number of imidazole rings is 1. The second-order valence-electron chi connectivity index (χ2n) is 7.55. The van der Waals surface area contributed by atoms with Crippen molar-refractivity contribution in [3.8, 4) is 5.88 Å². The van der Waals surface area contributed by atoms with Crippen LogP contribution in [0.15, 0.2) is 41.4 Å². The van der Waals surface area contributed by atoms with Gasteiger partial charge in [-0.3, -0.25) is 0 Å². The highest BCUT2D eigenvalue weighted by atomic mass is 31.1. The van der Waals surface area contributed by atoms with Crippen molar-refractivity contribution < 1.29 is 28.8 Å². The van der Waals surface area contributed by atoms with Crippen LogP contribution in [0.3, 0.4) is 0 Å². The molecule has 0 amide bonds. The van der Waals surface area contributed by atoms with Gasteiger partial charge >= 0.3 is 14.1 Å². The van der Waals surface area contributed by atoms with Gasteiger partial charge in [0.05, 0.1) is 26.7 Å². The first-order valence-electron chi connectivity index (χ1n) is 10.5. The van der Waals surface area contributed by atoms with Crippen molar-refractivity contribution in [1.82, 2.24) is 19.5 Å². The monoisotopic (exact) mass is 490 g/mol. The van der Waals surface area contributed by atoms with Gasteiger partial charge in [0.1, 0.15) is 0 Å². The highest BCUT2D eigenvalue weighted by Crippen LogP contribution is 2.33. The highest BCUT2D eigenvalue weighted by molar-refractivity contribution is 7.33. The number of rotatable bonds is 12. The number of nitrogen functional groups attached to an aromatic ring is 1. The minimum atomic E-state index is -2.61. The van der Waals surface area contributed by atoms with E-state index in [0.717, 1.165) is 5.56 Å². The Bertz CT molecular complexity index is 1160. The molecule has 182 valence electrons. The van der Waals surface area contributed by atoms with Crippen molar-refractivity contribution in [1.29, 1.82) is 0 Å². The number of ether oxygens (including phenoxy) is 2. The number of aliphatic carboxylic acids is 1. The molecule has 3 rings (SSSR count). The fourth-order valence-corrected chi connectivity index (χ4v) is 4.06. The molecule has 2 aromatic heterocycles. The normalized spacial score (nSPS) is 14.6. The molecule has 3 N–H and O–H groups in total. The predicted molar refractivity (Wildman–Crippen MR) is 123 cm³/mol. The molecule has 0 saturated carbocycles. The standard InChI is InChI=1S/C21H27N6O6P/c1-4-21(2,19(28)29)26-34(30)33-15(14-8-6-5-7-9-14)12-32-11-10-27-13-23-16-17(27)24-20(22)25-18(16)31-3/h5-9,13,15H,4,10-12H2,1-3H3,(H,28,29)(H2,22,24,25). The molecule has 3 unspecified atom stereocenters. The lowest BCUT2D eigenvalue weighted by Gasteiger charge is -2.17. The Balaban J connectivity index is 1.68. The molecule has 0 radical (unpaired) electrons. The Labute approximate surface area is 197 Å². The third kappa shape index (κ3) is 6.03. The molecule has 0 spiro atoms. The van der Waals surface area contributed by atoms with E-state index < -0.39 is 25.8 Å². The average molecular weight is 490 g/mol. The SMILES string of the molecule is CCC(C)(N=[P+]([O-])OC(COCCn1cnc2c(OC)nc(N)nc21)c1ccccc1)C(=O)O. The van der Waals surface area contributed by atoms with Crippen LogP contribution in [0.25, 0.3) is 11.2 Å². The maximum atomic E-state index is 12.6. The molecule has 2 heterocycles. The van der Waals surface area contributed by atoms with Crippen LogP contribution >= 0.6 is 8.17 Å². The Hall–Kier alpha value is -3.18. The van der Waals surface area contributed by atoms with E-state index in [1.165, 1.54) is 14.0 Å². The van der Waals surface area contributed by atoms with Crippen LogP contribution in [-0.2, 0) is 20.6 Å². The van der Waals surface area contributed by atoms with Gasteiger partial charge in [0, 0.05) is 6.54 Å². The van der Waals surface area contributed by atoms with E-state index in [1.54, 1.807) is 17.8 Å². The number of carboxylic acids is 1. The molecular weight excluding hydrogens is 463 g/mol. The second-order valence-corrected chi connectivity index (χ2v) is 8.44. The molecule has 13 heteroatoms. The van der Waals surface area contributed by atoms with Crippen molar-refractivity contribution in [3.63, 3.8) is 0 Å². The number of carboxylic acid groups (broad SMARTS) is 1. The number of nitrogens with zero attached hydrogens (tertiary/aromatic N) is 5. The third-order valence-electron chi connectivity index (χ3n) is 5.23. The molecule has 3 aromatic rings. The molecule has 12 nitrogen and oxygen atoms in total. The van der Waals surface area contributed by atoms with Crippen LogP contribution in [0.2, 0.25) is 0 Å². The van der Waals surface area contributed by atoms with E-state index >= 15 is 0 Å². The van der Waals surface area contributed by atoms with Gasteiger partial charge in [-0.2, -0.15) is 14.5 Å². The molecule has 3 atom stereocenters. The van der Waals surface area contributed by atoms with Crippen molar-refractivity contribution >= 4 is 31.2 Å². The maximum Gasteiger partial charge on any atom is 0.343 e. The quantitative estimate of drug-likeness (QED) is 0.284. The third-order valence-corrected chi connectivity index (χ3v) is 6.27. The molecule has 0 fully saturated rings. The number of anilines is 1. The minimum absolute atomic E-state index is 0.0672. The van der Waals surface area contributed by atoms with Crippen LogP contribution in [0.5, 0.6) is 5.88 Å². The van der Waals surface area contributed by atoms with Crippen molar-refractivity contribution in [2.24, 2.45) is 4.74 Å². The summed E-state index contributed by atoms with van der Waals surface area (Å²) in [5, 5.41) is 9.39. The van der Waals surface area contributed by atoms with Gasteiger partial charge in [-0.1, -0.05) is 42.0 Å². The van der Waals surface area contributed by atoms with Gasteiger partial charge in [-0.15, -0.1) is 0 Å². The smallest absolute Gasteiger partial charge is 0.343 e. The van der Waals surface area contributed by atoms with Crippen LogP contribution in [0, 0.1) is 0 Å². The summed E-state index contributed by atoms with van der Waals surface area (Å²) in [5.41, 5.74) is 5.97. The van der Waals surface area contributed by atoms with Gasteiger partial charge in [0.2, 0.25) is 11.8 Å². The summed E-state index contributed by atoms with van der Waals surface area (Å²) in [6.07, 6.45) is 1.06. The first-order chi connectivity index (χ1) is 16.3. The highest BCUT2D eigenvalue weighted by Gasteiger charge is 2.35. The van der Waals surface area contributed by atoms with E-state index in [9.17, 15) is 14.8 Å². The molecule has 0 saturated heterocycles. The number of nitrogens with two attached hydrogens (primary N) is 1. The van der Waals surface area contributed by atoms with Gasteiger partial charge in [-0.25, -0.2) is 9.78 Å². The molecule has 0 aliphatic carbocycles. The lowest BCUT2D eigenvalue weighted by atomic mass is 10.0. The molecule has 34 heavy (non-hydrogen) atoms. The summed E-state index contributed by atoms with van der Waals surface area (Å²) in [7, 11) is -1.13. The van der Waals surface area contributed by atoms with Crippen molar-refractivity contribution in [2.45, 2.75) is 38.5 Å². The Morgan fingerprint density at radius 1 is 1.35 bits per heavy atom. The van der Waals surface area contributed by atoms with Crippen molar-refractivity contribution in [3.05, 3.63) is 42.2 Å². The predicted octanol–water partition coefficient (Wildman–Crippen LogP) is 2.30. The van der Waals surface area contributed by atoms with Crippen LogP contribution in [-0.4, -0.2) is 56.5 Å². The summed E-state index contributed by atoms with van der Waals surface area (Å²) in [6.45, 7) is 3.80. The maximum absolute atomic E-state index is 12.6. The Morgan fingerprint density at radius 2 is 2.09 bits per heavy atom. The number of benzene rings is 1. The fraction of sp³-hybridized carbons (Fsp3) is 0.429. The lowest BCUT2D eigenvalue weighted by molar-refractivity contribution is -0.182. The molecule has 0 aliphatic heterocycles. The zero-order valence-electron chi connectivity index (χ0n) is 19.1. The summed E-state index contributed by atoms with van der Waals surface area (Å²) < 4.78 is 22.3. The number of fused-ring (bicyclic) bond motifs is 1. The summed E-state index contributed by atoms with van der Waals surface area (Å²) >= 11 is 0. The van der Waals surface area contributed by atoms with Crippen molar-refractivity contribution in [2.75, 3.05) is 26.1 Å². The minimum Gasteiger partial charge on any atom is -0.583 e. The largest absolute Gasteiger partial charge is 0.583 e. The van der Waals surface area contributed by atoms with E-state index in [4.69, 9.17) is 19.7 Å². The molecule has 0 bridgehead atoms. The summed E-state index contributed by atoms with van der Waals surface area (Å²) in [4.78, 5) is 36.5. The first kappa shape index (κ1) is 25.4. The Morgan fingerprint density at radius 3 is 2.74 bits per heavy atom. The van der Waals surface area contributed by atoms with Gasteiger partial charge in [0.15, 0.2) is 22.8 Å². The molecule has 0 aliphatic rings. The van der Waals surface area contributed by atoms with Crippen LogP contribution < -0.4 is 15.4 Å². The van der Waals surface area contributed by atoms with E-state index in [1.807, 2.05) is 30.3 Å². The zero-order chi connectivity index (χ0) is 24.7. The second kappa shape index (κ2) is 11.3. The first-order valence-corrected chi connectivity index (χ1v) is 11.7. The van der Waals surface area contributed by atoms with E-state index in [-0.39, 0.29) is 31.5 Å². The zero-order valence-corrected chi connectivity index (χ0v) is 20.0. The summed E-state index contributed by atoms with van der Waals surface area (Å²) in [5.74, 6) is -0.812. The number of aromatic nitrogens is 4. The van der Waals surface area contributed by atoms with Gasteiger partial charge < -0.3 is 29.8 Å². The van der Waals surface area contributed by atoms with Crippen LogP contribution in [0.1, 0.15) is 31.9 Å².